The number of nitrogens with zero attached hydrogens (tertiary/aromatic N) is 1. The van der Waals surface area contributed by atoms with Crippen molar-refractivity contribution in [1.82, 2.24) is 0 Å². The Morgan fingerprint density at radius 2 is 1.63 bits per heavy atom. The molecule has 9 nitrogen and oxygen atoms in total. The summed E-state index contributed by atoms with van der Waals surface area (Å²) in [7, 11) is 4.64. The second-order valence-corrected chi connectivity index (χ2v) is 5.21. The zero-order valence-corrected chi connectivity index (χ0v) is 15.2. The Bertz CT molecular complexity index is 804. The van der Waals surface area contributed by atoms with E-state index in [2.05, 4.69) is 9.47 Å². The van der Waals surface area contributed by atoms with Crippen molar-refractivity contribution in [3.8, 4) is 5.75 Å². The molecule has 0 spiro atoms. The van der Waals surface area contributed by atoms with Gasteiger partial charge in [-0.25, -0.2) is 18.8 Å². The molecule has 1 aliphatic heterocycles. The van der Waals surface area contributed by atoms with Gasteiger partial charge in [0.2, 0.25) is 0 Å². The second-order valence-electron chi connectivity index (χ2n) is 5.21. The maximum atomic E-state index is 13.9. The summed E-state index contributed by atoms with van der Waals surface area (Å²) >= 11 is 0. The van der Waals surface area contributed by atoms with Gasteiger partial charge in [-0.2, -0.15) is 0 Å². The summed E-state index contributed by atoms with van der Waals surface area (Å²) in [4.78, 5) is 37.8. The highest BCUT2D eigenvalue weighted by atomic mass is 19.1. The topological polar surface area (TPSA) is 101 Å². The fourth-order valence-corrected chi connectivity index (χ4v) is 2.59. The first kappa shape index (κ1) is 20.2. The van der Waals surface area contributed by atoms with Crippen LogP contribution in [-0.2, 0) is 28.5 Å². The Kier molecular flexibility index (Phi) is 6.35. The van der Waals surface area contributed by atoms with Crippen molar-refractivity contribution in [2.75, 3.05) is 46.7 Å². The van der Waals surface area contributed by atoms with Gasteiger partial charge in [-0.1, -0.05) is 0 Å². The van der Waals surface area contributed by atoms with Crippen molar-refractivity contribution in [3.63, 3.8) is 0 Å². The van der Waals surface area contributed by atoms with Gasteiger partial charge >= 0.3 is 17.9 Å². The van der Waals surface area contributed by atoms with Crippen molar-refractivity contribution < 1.29 is 42.5 Å². The van der Waals surface area contributed by atoms with Crippen LogP contribution in [0.4, 0.5) is 10.1 Å². The standard InChI is InChI=1S/C17H18FNO8/c1-23-12-6-9(18)5-10(15(20)24-2)13(12)19-8-27-7-11(16(21)25-3)14(19)17(22)26-4/h5-6H,7-8H2,1-4H3. The summed E-state index contributed by atoms with van der Waals surface area (Å²) in [6, 6.07) is 1.94. The van der Waals surface area contributed by atoms with E-state index >= 15 is 0 Å². The molecule has 0 unspecified atom stereocenters. The van der Waals surface area contributed by atoms with Gasteiger partial charge in [0, 0.05) is 6.07 Å². The minimum atomic E-state index is -0.878. The molecule has 0 N–H and O–H groups in total. The molecule has 0 amide bonds. The number of esters is 3. The summed E-state index contributed by atoms with van der Waals surface area (Å²) in [6.45, 7) is -0.457. The van der Waals surface area contributed by atoms with Crippen molar-refractivity contribution >= 4 is 23.6 Å². The highest BCUT2D eigenvalue weighted by Crippen LogP contribution is 2.38. The van der Waals surface area contributed by atoms with E-state index in [4.69, 9.17) is 14.2 Å². The van der Waals surface area contributed by atoms with E-state index in [-0.39, 0.29) is 41.6 Å². The molecular weight excluding hydrogens is 365 g/mol. The monoisotopic (exact) mass is 383 g/mol. The molecule has 1 aliphatic rings. The summed E-state index contributed by atoms with van der Waals surface area (Å²) < 4.78 is 38.6. The fraction of sp³-hybridized carbons (Fsp3) is 0.353. The van der Waals surface area contributed by atoms with E-state index in [9.17, 15) is 18.8 Å². The van der Waals surface area contributed by atoms with Gasteiger partial charge in [-0.3, -0.25) is 0 Å². The SMILES string of the molecule is COC(=O)C1=C(C(=O)OC)N(c2c(OC)cc(F)cc2C(=O)OC)COC1. The van der Waals surface area contributed by atoms with E-state index in [1.807, 2.05) is 0 Å². The Balaban J connectivity index is 2.79. The van der Waals surface area contributed by atoms with E-state index in [1.54, 1.807) is 0 Å². The summed E-state index contributed by atoms with van der Waals surface area (Å²) in [5, 5.41) is 0. The number of halogens is 1. The normalized spacial score (nSPS) is 13.9. The molecule has 1 heterocycles. The molecule has 0 aromatic heterocycles. The van der Waals surface area contributed by atoms with Gasteiger partial charge in [0.15, 0.2) is 0 Å². The predicted molar refractivity (Wildman–Crippen MR) is 88.6 cm³/mol. The van der Waals surface area contributed by atoms with Crippen LogP contribution < -0.4 is 9.64 Å². The Morgan fingerprint density at radius 1 is 1.00 bits per heavy atom. The quantitative estimate of drug-likeness (QED) is 0.545. The number of carbonyl (C=O) groups is 3. The zero-order valence-electron chi connectivity index (χ0n) is 15.2. The van der Waals surface area contributed by atoms with E-state index < -0.39 is 23.7 Å². The van der Waals surface area contributed by atoms with Crippen LogP contribution in [0, 0.1) is 5.82 Å². The van der Waals surface area contributed by atoms with Crippen molar-refractivity contribution in [3.05, 3.63) is 34.8 Å². The lowest BCUT2D eigenvalue weighted by atomic mass is 10.1. The maximum Gasteiger partial charge on any atom is 0.355 e. The smallest absolute Gasteiger partial charge is 0.355 e. The molecule has 0 radical (unpaired) electrons. The maximum absolute atomic E-state index is 13.9. The van der Waals surface area contributed by atoms with Gasteiger partial charge in [0.1, 0.15) is 29.7 Å². The lowest BCUT2D eigenvalue weighted by molar-refractivity contribution is -0.140. The lowest BCUT2D eigenvalue weighted by Gasteiger charge is -2.33. The third kappa shape index (κ3) is 3.85. The Hall–Kier alpha value is -3.14. The Labute approximate surface area is 154 Å². The molecule has 10 heteroatoms. The number of ether oxygens (including phenoxy) is 5. The van der Waals surface area contributed by atoms with Crippen LogP contribution in [0.15, 0.2) is 23.4 Å². The number of methoxy groups -OCH3 is 4. The molecule has 0 aliphatic carbocycles. The molecule has 0 atom stereocenters. The molecule has 2 rings (SSSR count). The first-order valence-electron chi connectivity index (χ1n) is 7.60. The molecule has 1 aromatic carbocycles. The zero-order chi connectivity index (χ0) is 20.1. The second kappa shape index (κ2) is 8.49. The summed E-state index contributed by atoms with van der Waals surface area (Å²) in [5.41, 5.74) is -0.596. The van der Waals surface area contributed by atoms with Gasteiger partial charge < -0.3 is 28.6 Å². The third-order valence-corrected chi connectivity index (χ3v) is 3.77. The highest BCUT2D eigenvalue weighted by Gasteiger charge is 2.36. The molecular formula is C17H18FNO8. The molecule has 1 aromatic rings. The van der Waals surface area contributed by atoms with Crippen LogP contribution in [-0.4, -0.2) is 59.7 Å². The molecule has 0 saturated heterocycles. The number of anilines is 1. The lowest BCUT2D eigenvalue weighted by Crippen LogP contribution is -2.39. The van der Waals surface area contributed by atoms with Crippen molar-refractivity contribution in [2.24, 2.45) is 0 Å². The third-order valence-electron chi connectivity index (χ3n) is 3.77. The number of carbonyl (C=O) groups excluding carboxylic acids is 3. The Morgan fingerprint density at radius 3 is 2.19 bits per heavy atom. The number of rotatable bonds is 5. The van der Waals surface area contributed by atoms with Crippen LogP contribution >= 0.6 is 0 Å². The van der Waals surface area contributed by atoms with Gasteiger partial charge in [-0.15, -0.1) is 0 Å². The summed E-state index contributed by atoms with van der Waals surface area (Å²) in [5.74, 6) is -3.41. The predicted octanol–water partition coefficient (Wildman–Crippen LogP) is 1.02. The fourth-order valence-electron chi connectivity index (χ4n) is 2.59. The first-order valence-corrected chi connectivity index (χ1v) is 7.60. The van der Waals surface area contributed by atoms with Crippen LogP contribution in [0.2, 0.25) is 0 Å². The van der Waals surface area contributed by atoms with Crippen LogP contribution in [0.5, 0.6) is 5.75 Å². The summed E-state index contributed by atoms with van der Waals surface area (Å²) in [6.07, 6.45) is 0. The molecule has 0 fully saturated rings. The minimum Gasteiger partial charge on any atom is -0.494 e. The number of hydrogen-bond donors (Lipinski definition) is 0. The average Bonchev–Trinajstić information content (AvgIpc) is 2.70. The molecule has 0 bridgehead atoms. The van der Waals surface area contributed by atoms with Crippen LogP contribution in [0.25, 0.3) is 0 Å². The molecule has 146 valence electrons. The number of hydrogen-bond acceptors (Lipinski definition) is 9. The average molecular weight is 383 g/mol. The van der Waals surface area contributed by atoms with Crippen LogP contribution in [0.3, 0.4) is 0 Å². The van der Waals surface area contributed by atoms with Crippen molar-refractivity contribution in [2.45, 2.75) is 0 Å². The van der Waals surface area contributed by atoms with Gasteiger partial charge in [-0.05, 0) is 6.07 Å². The number of benzene rings is 1. The van der Waals surface area contributed by atoms with Gasteiger partial charge in [0.05, 0.1) is 46.2 Å². The van der Waals surface area contributed by atoms with E-state index in [0.29, 0.717) is 0 Å². The minimum absolute atomic E-state index is 0.0211. The molecule has 27 heavy (non-hydrogen) atoms. The van der Waals surface area contributed by atoms with E-state index in [0.717, 1.165) is 33.5 Å². The molecule has 0 saturated carbocycles. The van der Waals surface area contributed by atoms with Crippen LogP contribution in [0.1, 0.15) is 10.4 Å². The van der Waals surface area contributed by atoms with E-state index in [1.165, 1.54) is 12.0 Å². The highest BCUT2D eigenvalue weighted by molar-refractivity contribution is 6.06. The van der Waals surface area contributed by atoms with Gasteiger partial charge in [0.25, 0.3) is 0 Å². The van der Waals surface area contributed by atoms with Crippen molar-refractivity contribution in [1.29, 1.82) is 0 Å². The largest absolute Gasteiger partial charge is 0.494 e. The first-order chi connectivity index (χ1) is 12.9.